The van der Waals surface area contributed by atoms with E-state index in [0.29, 0.717) is 6.54 Å². The molecule has 1 aromatic rings. The van der Waals surface area contributed by atoms with Crippen LogP contribution in [0.1, 0.15) is 32.3 Å². The third-order valence-electron chi connectivity index (χ3n) is 4.76. The van der Waals surface area contributed by atoms with Crippen molar-refractivity contribution >= 4 is 11.6 Å². The average Bonchev–Trinajstić information content (AvgIpc) is 3.03. The van der Waals surface area contributed by atoms with E-state index in [-0.39, 0.29) is 24.2 Å². The molecule has 6 heteroatoms. The van der Waals surface area contributed by atoms with Crippen molar-refractivity contribution in [2.45, 2.75) is 57.6 Å². The lowest BCUT2D eigenvalue weighted by Crippen LogP contribution is -2.44. The number of hydrogen-bond acceptors (Lipinski definition) is 5. The molecule has 0 spiro atoms. The first-order chi connectivity index (χ1) is 12.0. The van der Waals surface area contributed by atoms with Gasteiger partial charge in [0.15, 0.2) is 0 Å². The summed E-state index contributed by atoms with van der Waals surface area (Å²) >= 11 is 0. The summed E-state index contributed by atoms with van der Waals surface area (Å²) in [4.78, 5) is 14.8. The van der Waals surface area contributed by atoms with Crippen molar-refractivity contribution in [2.75, 3.05) is 25.0 Å². The van der Waals surface area contributed by atoms with Crippen molar-refractivity contribution in [3.05, 3.63) is 29.8 Å². The van der Waals surface area contributed by atoms with Crippen LogP contribution in [0.3, 0.4) is 0 Å². The number of nitrogens with two attached hydrogens (primary N) is 1. The average molecular weight is 347 g/mol. The lowest BCUT2D eigenvalue weighted by molar-refractivity contribution is -0.126. The number of benzene rings is 1. The number of nitrogens with one attached hydrogen (secondary N) is 1. The molecular formula is C19H29N3O3. The molecule has 3 N–H and O–H groups in total. The van der Waals surface area contributed by atoms with Crippen molar-refractivity contribution in [3.8, 4) is 0 Å². The van der Waals surface area contributed by atoms with E-state index in [1.54, 1.807) is 0 Å². The van der Waals surface area contributed by atoms with Gasteiger partial charge in [0.05, 0.1) is 18.3 Å². The van der Waals surface area contributed by atoms with Gasteiger partial charge >= 0.3 is 0 Å². The molecule has 0 aliphatic carbocycles. The monoisotopic (exact) mass is 347 g/mol. The van der Waals surface area contributed by atoms with Crippen LogP contribution in [0.25, 0.3) is 0 Å². The molecule has 6 nitrogen and oxygen atoms in total. The van der Waals surface area contributed by atoms with E-state index >= 15 is 0 Å². The molecule has 1 aromatic carbocycles. The molecule has 0 saturated carbocycles. The molecule has 1 amide bonds. The number of nitrogens with zero attached hydrogens (tertiary/aromatic N) is 1. The maximum atomic E-state index is 12.4. The van der Waals surface area contributed by atoms with Crippen molar-refractivity contribution < 1.29 is 14.3 Å². The summed E-state index contributed by atoms with van der Waals surface area (Å²) in [6.07, 6.45) is 1.70. The summed E-state index contributed by atoms with van der Waals surface area (Å²) in [5.74, 6) is -0.0817. The quantitative estimate of drug-likeness (QED) is 0.848. The zero-order valence-electron chi connectivity index (χ0n) is 15.1. The first kappa shape index (κ1) is 18.3. The first-order valence-electron chi connectivity index (χ1n) is 9.16. The van der Waals surface area contributed by atoms with Crippen LogP contribution in [0, 0.1) is 0 Å². The Morgan fingerprint density at radius 1 is 1.24 bits per heavy atom. The van der Waals surface area contributed by atoms with E-state index in [1.807, 2.05) is 18.2 Å². The van der Waals surface area contributed by atoms with Crippen LogP contribution >= 0.6 is 0 Å². The number of amides is 1. The summed E-state index contributed by atoms with van der Waals surface area (Å²) in [6.45, 7) is 7.40. The Morgan fingerprint density at radius 2 is 2.00 bits per heavy atom. The minimum absolute atomic E-state index is 0.00684. The Hall–Kier alpha value is -1.47. The highest BCUT2D eigenvalue weighted by atomic mass is 16.5. The van der Waals surface area contributed by atoms with Crippen LogP contribution in [0.5, 0.6) is 0 Å². The second-order valence-corrected chi connectivity index (χ2v) is 7.20. The molecule has 138 valence electrons. The SMILES string of the molecule is CC1CN(Cc2cccc(NC(=O)[C@@H]3CC[C@H](CN)O3)c2)CC(C)O1. The van der Waals surface area contributed by atoms with Crippen LogP contribution in [-0.4, -0.2) is 54.9 Å². The summed E-state index contributed by atoms with van der Waals surface area (Å²) in [5.41, 5.74) is 7.61. The largest absolute Gasteiger partial charge is 0.373 e. The maximum absolute atomic E-state index is 12.4. The summed E-state index contributed by atoms with van der Waals surface area (Å²) in [6, 6.07) is 8.03. The van der Waals surface area contributed by atoms with Crippen LogP contribution in [0.4, 0.5) is 5.69 Å². The number of rotatable bonds is 5. The molecule has 2 heterocycles. The molecular weight excluding hydrogens is 318 g/mol. The maximum Gasteiger partial charge on any atom is 0.253 e. The van der Waals surface area contributed by atoms with Gasteiger partial charge in [0, 0.05) is 31.9 Å². The highest BCUT2D eigenvalue weighted by Crippen LogP contribution is 2.21. The van der Waals surface area contributed by atoms with Gasteiger partial charge in [-0.1, -0.05) is 12.1 Å². The Labute approximate surface area is 149 Å². The second-order valence-electron chi connectivity index (χ2n) is 7.20. The van der Waals surface area contributed by atoms with Gasteiger partial charge in [0.1, 0.15) is 6.10 Å². The van der Waals surface area contributed by atoms with Gasteiger partial charge in [0.2, 0.25) is 0 Å². The van der Waals surface area contributed by atoms with Gasteiger partial charge in [-0.25, -0.2) is 0 Å². The number of morpholine rings is 1. The normalized spacial score (nSPS) is 30.4. The van der Waals surface area contributed by atoms with Crippen LogP contribution < -0.4 is 11.1 Å². The molecule has 0 bridgehead atoms. The van der Waals surface area contributed by atoms with Gasteiger partial charge < -0.3 is 20.5 Å². The molecule has 25 heavy (non-hydrogen) atoms. The Kier molecular flexibility index (Phi) is 6.06. The number of carbonyl (C=O) groups is 1. The lowest BCUT2D eigenvalue weighted by atomic mass is 10.1. The number of carbonyl (C=O) groups excluding carboxylic acids is 1. The van der Waals surface area contributed by atoms with Crippen molar-refractivity contribution in [3.63, 3.8) is 0 Å². The van der Waals surface area contributed by atoms with Crippen molar-refractivity contribution in [1.82, 2.24) is 4.90 Å². The molecule has 4 atom stereocenters. The van der Waals surface area contributed by atoms with Gasteiger partial charge in [-0.2, -0.15) is 0 Å². The fourth-order valence-corrected chi connectivity index (χ4v) is 3.71. The van der Waals surface area contributed by atoms with Crippen LogP contribution in [0.2, 0.25) is 0 Å². The molecule has 2 aliphatic heterocycles. The van der Waals surface area contributed by atoms with E-state index in [0.717, 1.165) is 38.2 Å². The highest BCUT2D eigenvalue weighted by molar-refractivity contribution is 5.94. The zero-order chi connectivity index (χ0) is 17.8. The minimum atomic E-state index is -0.391. The molecule has 2 aliphatic rings. The Morgan fingerprint density at radius 3 is 2.68 bits per heavy atom. The topological polar surface area (TPSA) is 76.8 Å². The number of hydrogen-bond donors (Lipinski definition) is 2. The van der Waals surface area contributed by atoms with Crippen molar-refractivity contribution in [2.24, 2.45) is 5.73 Å². The van der Waals surface area contributed by atoms with Gasteiger partial charge in [0.25, 0.3) is 5.91 Å². The fraction of sp³-hybridized carbons (Fsp3) is 0.632. The highest BCUT2D eigenvalue weighted by Gasteiger charge is 2.30. The van der Waals surface area contributed by atoms with E-state index in [1.165, 1.54) is 5.56 Å². The Balaban J connectivity index is 1.57. The van der Waals surface area contributed by atoms with E-state index in [9.17, 15) is 4.79 Å². The Bertz CT molecular complexity index is 585. The summed E-state index contributed by atoms with van der Waals surface area (Å²) in [5, 5.41) is 2.98. The predicted molar refractivity (Wildman–Crippen MR) is 97.3 cm³/mol. The van der Waals surface area contributed by atoms with E-state index in [2.05, 4.69) is 30.1 Å². The molecule has 0 radical (unpaired) electrons. The minimum Gasteiger partial charge on any atom is -0.373 e. The molecule has 2 fully saturated rings. The third-order valence-corrected chi connectivity index (χ3v) is 4.76. The second kappa shape index (κ2) is 8.27. The van der Waals surface area contributed by atoms with Gasteiger partial charge in [-0.05, 0) is 44.4 Å². The fourth-order valence-electron chi connectivity index (χ4n) is 3.71. The van der Waals surface area contributed by atoms with E-state index < -0.39 is 6.10 Å². The standard InChI is InChI=1S/C19H29N3O3/c1-13-10-22(11-14(2)24-13)12-15-4-3-5-16(8-15)21-19(23)18-7-6-17(9-20)25-18/h3-5,8,13-14,17-18H,6-7,9-12,20H2,1-2H3,(H,21,23)/t13?,14?,17-,18+/m1/s1. The van der Waals surface area contributed by atoms with E-state index in [4.69, 9.17) is 15.2 Å². The van der Waals surface area contributed by atoms with Gasteiger partial charge in [-0.3, -0.25) is 9.69 Å². The molecule has 2 unspecified atom stereocenters. The number of ether oxygens (including phenoxy) is 2. The number of anilines is 1. The van der Waals surface area contributed by atoms with Gasteiger partial charge in [-0.15, -0.1) is 0 Å². The molecule has 2 saturated heterocycles. The summed E-state index contributed by atoms with van der Waals surface area (Å²) in [7, 11) is 0. The predicted octanol–water partition coefficient (Wildman–Crippen LogP) is 1.74. The van der Waals surface area contributed by atoms with Crippen LogP contribution in [-0.2, 0) is 20.8 Å². The third kappa shape index (κ3) is 5.01. The summed E-state index contributed by atoms with van der Waals surface area (Å²) < 4.78 is 11.4. The smallest absolute Gasteiger partial charge is 0.253 e. The zero-order valence-corrected chi connectivity index (χ0v) is 15.1. The van der Waals surface area contributed by atoms with Crippen LogP contribution in [0.15, 0.2) is 24.3 Å². The lowest BCUT2D eigenvalue weighted by Gasteiger charge is -2.35. The van der Waals surface area contributed by atoms with Crippen molar-refractivity contribution in [1.29, 1.82) is 0 Å². The molecule has 0 aromatic heterocycles. The molecule has 3 rings (SSSR count). The first-order valence-corrected chi connectivity index (χ1v) is 9.16.